The first-order chi connectivity index (χ1) is 15.0. The van der Waals surface area contributed by atoms with Crippen molar-refractivity contribution in [3.63, 3.8) is 0 Å². The van der Waals surface area contributed by atoms with Crippen LogP contribution in [-0.4, -0.2) is 35.9 Å². The summed E-state index contributed by atoms with van der Waals surface area (Å²) in [6.45, 7) is 3.59. The lowest BCUT2D eigenvalue weighted by Gasteiger charge is -2.29. The van der Waals surface area contributed by atoms with Crippen LogP contribution >= 0.6 is 11.3 Å². The van der Waals surface area contributed by atoms with Gasteiger partial charge in [0.15, 0.2) is 5.78 Å². The van der Waals surface area contributed by atoms with E-state index < -0.39 is 0 Å². The number of thiophene rings is 1. The average molecular weight is 436 g/mol. The van der Waals surface area contributed by atoms with Crippen molar-refractivity contribution >= 4 is 50.5 Å². The number of carbonyl (C=O) groups is 1. The van der Waals surface area contributed by atoms with Gasteiger partial charge in [0.25, 0.3) is 0 Å². The number of nitrogens with one attached hydrogen (secondary N) is 2. The SMILES string of the molecule is C=CC(=O)CC1CCC(Nc2nc(Nc3ccc(N(C)C)cc3)nc3ccsc23)CC1. The van der Waals surface area contributed by atoms with Gasteiger partial charge in [0.05, 0.1) is 10.2 Å². The Morgan fingerprint density at radius 1 is 1.16 bits per heavy atom. The van der Waals surface area contributed by atoms with E-state index in [2.05, 4.69) is 44.6 Å². The molecule has 0 amide bonds. The molecular formula is C24H29N5OS. The zero-order valence-electron chi connectivity index (χ0n) is 18.1. The maximum absolute atomic E-state index is 11.7. The molecule has 0 spiro atoms. The quantitative estimate of drug-likeness (QED) is 0.448. The molecule has 1 aromatic carbocycles. The number of anilines is 4. The molecule has 1 saturated carbocycles. The monoisotopic (exact) mass is 435 g/mol. The minimum absolute atomic E-state index is 0.154. The van der Waals surface area contributed by atoms with Crippen LogP contribution in [0, 0.1) is 5.92 Å². The lowest BCUT2D eigenvalue weighted by atomic mass is 9.83. The molecule has 6 nitrogen and oxygen atoms in total. The Morgan fingerprint density at radius 2 is 1.90 bits per heavy atom. The molecule has 0 unspecified atom stereocenters. The Balaban J connectivity index is 1.46. The molecule has 4 rings (SSSR count). The predicted molar refractivity (Wildman–Crippen MR) is 131 cm³/mol. The second-order valence-corrected chi connectivity index (χ2v) is 9.25. The fourth-order valence-corrected chi connectivity index (χ4v) is 4.84. The van der Waals surface area contributed by atoms with Crippen molar-refractivity contribution < 1.29 is 4.79 Å². The summed E-state index contributed by atoms with van der Waals surface area (Å²) in [5, 5.41) is 9.05. The molecule has 31 heavy (non-hydrogen) atoms. The van der Waals surface area contributed by atoms with Crippen LogP contribution in [0.2, 0.25) is 0 Å². The first-order valence-electron chi connectivity index (χ1n) is 10.7. The number of fused-ring (bicyclic) bond motifs is 1. The van der Waals surface area contributed by atoms with Crippen LogP contribution in [0.4, 0.5) is 23.1 Å². The van der Waals surface area contributed by atoms with E-state index in [1.807, 2.05) is 32.3 Å². The van der Waals surface area contributed by atoms with E-state index in [-0.39, 0.29) is 5.78 Å². The van der Waals surface area contributed by atoms with E-state index in [4.69, 9.17) is 4.98 Å². The summed E-state index contributed by atoms with van der Waals surface area (Å²) < 4.78 is 1.08. The molecule has 0 bridgehead atoms. The summed E-state index contributed by atoms with van der Waals surface area (Å²) in [6.07, 6.45) is 6.26. The number of allylic oxidation sites excluding steroid dienone is 1. The molecule has 2 aromatic heterocycles. The van der Waals surface area contributed by atoms with Crippen LogP contribution in [-0.2, 0) is 4.79 Å². The van der Waals surface area contributed by atoms with Crippen LogP contribution in [0.25, 0.3) is 10.2 Å². The first-order valence-corrected chi connectivity index (χ1v) is 11.6. The molecular weight excluding hydrogens is 406 g/mol. The number of aromatic nitrogens is 2. The van der Waals surface area contributed by atoms with Gasteiger partial charge in [-0.25, -0.2) is 4.98 Å². The molecule has 1 fully saturated rings. The van der Waals surface area contributed by atoms with Gasteiger partial charge in [-0.1, -0.05) is 6.58 Å². The van der Waals surface area contributed by atoms with Crippen molar-refractivity contribution in [1.82, 2.24) is 9.97 Å². The van der Waals surface area contributed by atoms with Crippen LogP contribution in [0.15, 0.2) is 48.4 Å². The number of carbonyl (C=O) groups excluding carboxylic acids is 1. The van der Waals surface area contributed by atoms with Crippen molar-refractivity contribution in [3.05, 3.63) is 48.4 Å². The minimum Gasteiger partial charge on any atom is -0.378 e. The van der Waals surface area contributed by atoms with Gasteiger partial charge in [-0.2, -0.15) is 4.98 Å². The van der Waals surface area contributed by atoms with E-state index in [1.165, 1.54) is 6.08 Å². The number of hydrogen-bond acceptors (Lipinski definition) is 7. The zero-order chi connectivity index (χ0) is 21.8. The maximum atomic E-state index is 11.7. The molecule has 0 saturated heterocycles. The van der Waals surface area contributed by atoms with Gasteiger partial charge in [-0.15, -0.1) is 11.3 Å². The van der Waals surface area contributed by atoms with Gasteiger partial charge < -0.3 is 15.5 Å². The number of rotatable bonds is 8. The van der Waals surface area contributed by atoms with Crippen LogP contribution in [0.1, 0.15) is 32.1 Å². The van der Waals surface area contributed by atoms with Crippen LogP contribution in [0.5, 0.6) is 0 Å². The summed E-state index contributed by atoms with van der Waals surface area (Å²) in [4.78, 5) is 23.2. The van der Waals surface area contributed by atoms with Crippen LogP contribution in [0.3, 0.4) is 0 Å². The fraction of sp³-hybridized carbons (Fsp3) is 0.375. The van der Waals surface area contributed by atoms with Crippen LogP contribution < -0.4 is 15.5 Å². The van der Waals surface area contributed by atoms with Crippen molar-refractivity contribution in [2.75, 3.05) is 29.6 Å². The van der Waals surface area contributed by atoms with Crippen molar-refractivity contribution in [2.24, 2.45) is 5.92 Å². The van der Waals surface area contributed by atoms with Gasteiger partial charge in [0.1, 0.15) is 5.82 Å². The highest BCUT2D eigenvalue weighted by Gasteiger charge is 2.23. The molecule has 2 N–H and O–H groups in total. The van der Waals surface area contributed by atoms with E-state index in [1.54, 1.807) is 11.3 Å². The molecule has 1 aliphatic rings. The Kier molecular flexibility index (Phi) is 6.51. The van der Waals surface area contributed by atoms with E-state index in [0.29, 0.717) is 24.3 Å². The van der Waals surface area contributed by atoms with Gasteiger partial charge in [0.2, 0.25) is 5.95 Å². The van der Waals surface area contributed by atoms with Crippen molar-refractivity contribution in [1.29, 1.82) is 0 Å². The van der Waals surface area contributed by atoms with Gasteiger partial charge in [-0.05, 0) is 73.4 Å². The molecule has 0 atom stereocenters. The van der Waals surface area contributed by atoms with E-state index in [0.717, 1.165) is 53.1 Å². The zero-order valence-corrected chi connectivity index (χ0v) is 18.9. The summed E-state index contributed by atoms with van der Waals surface area (Å²) in [7, 11) is 4.05. The summed E-state index contributed by atoms with van der Waals surface area (Å²) >= 11 is 1.66. The average Bonchev–Trinajstić information content (AvgIpc) is 3.24. The third kappa shape index (κ3) is 5.22. The minimum atomic E-state index is 0.154. The Hall–Kier alpha value is -2.93. The predicted octanol–water partition coefficient (Wildman–Crippen LogP) is 5.62. The summed E-state index contributed by atoms with van der Waals surface area (Å²) in [6, 6.07) is 10.6. The second kappa shape index (κ2) is 9.47. The van der Waals surface area contributed by atoms with E-state index in [9.17, 15) is 4.79 Å². The third-order valence-electron chi connectivity index (χ3n) is 5.85. The maximum Gasteiger partial charge on any atom is 0.229 e. The first kappa shape index (κ1) is 21.3. The molecule has 1 aliphatic carbocycles. The van der Waals surface area contributed by atoms with E-state index >= 15 is 0 Å². The molecule has 0 radical (unpaired) electrons. The second-order valence-electron chi connectivity index (χ2n) is 8.33. The molecule has 2 heterocycles. The fourth-order valence-electron chi connectivity index (χ4n) is 4.06. The highest BCUT2D eigenvalue weighted by atomic mass is 32.1. The number of nitrogens with zero attached hydrogens (tertiary/aromatic N) is 3. The number of hydrogen-bond donors (Lipinski definition) is 2. The topological polar surface area (TPSA) is 70.2 Å². The number of benzene rings is 1. The largest absolute Gasteiger partial charge is 0.378 e. The van der Waals surface area contributed by atoms with Crippen molar-refractivity contribution in [2.45, 2.75) is 38.1 Å². The smallest absolute Gasteiger partial charge is 0.229 e. The molecule has 7 heteroatoms. The summed E-state index contributed by atoms with van der Waals surface area (Å²) in [5.74, 6) is 2.11. The van der Waals surface area contributed by atoms with Crippen molar-refractivity contribution in [3.8, 4) is 0 Å². The molecule has 162 valence electrons. The third-order valence-corrected chi connectivity index (χ3v) is 6.76. The Morgan fingerprint density at radius 3 is 2.58 bits per heavy atom. The Bertz CT molecular complexity index is 1050. The summed E-state index contributed by atoms with van der Waals surface area (Å²) in [5.41, 5.74) is 3.05. The van der Waals surface area contributed by atoms with Gasteiger partial charge in [0, 0.05) is 37.9 Å². The highest BCUT2D eigenvalue weighted by Crippen LogP contribution is 2.33. The standard InChI is InChI=1S/C24H29N5OS/c1-4-20(30)15-16-5-7-17(8-6-16)25-23-22-21(13-14-31-22)27-24(28-23)26-18-9-11-19(12-10-18)29(2)3/h4,9-14,16-17H,1,5-8,15H2,2-3H3,(H2,25,26,27,28). The molecule has 0 aliphatic heterocycles. The Labute approximate surface area is 187 Å². The highest BCUT2D eigenvalue weighted by molar-refractivity contribution is 7.17. The van der Waals surface area contributed by atoms with Gasteiger partial charge >= 0.3 is 0 Å². The lowest BCUT2D eigenvalue weighted by Crippen LogP contribution is -2.27. The normalized spacial score (nSPS) is 18.5. The van der Waals surface area contributed by atoms with Gasteiger partial charge in [-0.3, -0.25) is 4.79 Å². The molecule has 3 aromatic rings. The lowest BCUT2D eigenvalue weighted by molar-refractivity contribution is -0.115. The number of ketones is 1.